The minimum Gasteiger partial charge on any atom is -0.369 e. The van der Waals surface area contributed by atoms with Crippen LogP contribution < -0.4 is 20.9 Å². The van der Waals surface area contributed by atoms with Crippen LogP contribution in [0.2, 0.25) is 0 Å². The molecule has 2 amide bonds. The Hall–Kier alpha value is -2.25. The fraction of sp³-hybridized carbons (Fsp3) is 0.471. The maximum atomic E-state index is 11.8. The number of nitrogens with one attached hydrogen (secondary N) is 3. The maximum Gasteiger partial charge on any atom is 0.243 e. The Morgan fingerprint density at radius 1 is 1.25 bits per heavy atom. The van der Waals surface area contributed by atoms with Crippen LogP contribution in [0.15, 0.2) is 18.2 Å². The molecule has 1 aromatic carbocycles. The molecule has 2 heterocycles. The Morgan fingerprint density at radius 2 is 2.04 bits per heavy atom. The minimum atomic E-state index is -0.398. The molecule has 7 nitrogen and oxygen atoms in total. The van der Waals surface area contributed by atoms with Crippen molar-refractivity contribution < 1.29 is 14.4 Å². The zero-order valence-electron chi connectivity index (χ0n) is 13.5. The van der Waals surface area contributed by atoms with Crippen molar-refractivity contribution in [3.05, 3.63) is 29.3 Å². The summed E-state index contributed by atoms with van der Waals surface area (Å²) in [4.78, 5) is 36.6. The van der Waals surface area contributed by atoms with E-state index < -0.39 is 6.04 Å². The molecule has 128 valence electrons. The van der Waals surface area contributed by atoms with Gasteiger partial charge in [-0.2, -0.15) is 0 Å². The summed E-state index contributed by atoms with van der Waals surface area (Å²) in [6, 6.07) is 5.40. The highest BCUT2D eigenvalue weighted by Crippen LogP contribution is 2.20. The topological polar surface area (TPSA) is 90.5 Å². The number of benzene rings is 1. The second-order valence-corrected chi connectivity index (χ2v) is 6.12. The van der Waals surface area contributed by atoms with E-state index >= 15 is 0 Å². The lowest BCUT2D eigenvalue weighted by molar-refractivity contribution is -0.134. The van der Waals surface area contributed by atoms with Gasteiger partial charge >= 0.3 is 0 Å². The van der Waals surface area contributed by atoms with Gasteiger partial charge in [-0.3, -0.25) is 19.7 Å². The van der Waals surface area contributed by atoms with E-state index in [9.17, 15) is 14.4 Å². The summed E-state index contributed by atoms with van der Waals surface area (Å²) in [5, 5.41) is 8.81. The molecule has 1 atom stereocenters. The Labute approximate surface area is 140 Å². The molecule has 0 spiro atoms. The molecule has 0 aromatic heterocycles. The molecule has 3 rings (SSSR count). The van der Waals surface area contributed by atoms with E-state index in [1.54, 1.807) is 0 Å². The first-order valence-corrected chi connectivity index (χ1v) is 8.28. The lowest BCUT2D eigenvalue weighted by Gasteiger charge is -2.30. The van der Waals surface area contributed by atoms with Gasteiger partial charge in [-0.1, -0.05) is 0 Å². The zero-order valence-corrected chi connectivity index (χ0v) is 13.5. The van der Waals surface area contributed by atoms with Crippen LogP contribution in [0.25, 0.3) is 0 Å². The average molecular weight is 330 g/mol. The Kier molecular flexibility index (Phi) is 5.22. The van der Waals surface area contributed by atoms with Crippen molar-refractivity contribution in [2.75, 3.05) is 31.1 Å². The number of carbonyl (C=O) groups is 3. The van der Waals surface area contributed by atoms with Crippen molar-refractivity contribution in [1.82, 2.24) is 16.0 Å². The number of hydrogen-bond acceptors (Lipinski definition) is 6. The second kappa shape index (κ2) is 7.55. The van der Waals surface area contributed by atoms with E-state index in [4.69, 9.17) is 0 Å². The van der Waals surface area contributed by atoms with Crippen LogP contribution in [-0.4, -0.2) is 50.3 Å². The summed E-state index contributed by atoms with van der Waals surface area (Å²) < 4.78 is 0. The monoisotopic (exact) mass is 330 g/mol. The summed E-state index contributed by atoms with van der Waals surface area (Å²) in [7, 11) is 0. The highest BCUT2D eigenvalue weighted by Gasteiger charge is 2.26. The zero-order chi connectivity index (χ0) is 16.9. The Balaban J connectivity index is 1.70. The van der Waals surface area contributed by atoms with Crippen LogP contribution in [0.4, 0.5) is 5.69 Å². The number of piperazine rings is 1. The summed E-state index contributed by atoms with van der Waals surface area (Å²) in [5.41, 5.74) is 2.57. The van der Waals surface area contributed by atoms with Crippen molar-refractivity contribution in [3.8, 4) is 0 Å². The molecule has 2 fully saturated rings. The van der Waals surface area contributed by atoms with Crippen LogP contribution in [0.5, 0.6) is 0 Å². The molecule has 3 N–H and O–H groups in total. The molecular weight excluding hydrogens is 308 g/mol. The third-order valence-corrected chi connectivity index (χ3v) is 4.51. The van der Waals surface area contributed by atoms with E-state index in [0.717, 1.165) is 43.7 Å². The number of aldehydes is 1. The van der Waals surface area contributed by atoms with Crippen LogP contribution in [-0.2, 0) is 16.1 Å². The van der Waals surface area contributed by atoms with Gasteiger partial charge in [0.1, 0.15) is 6.29 Å². The molecule has 0 radical (unpaired) electrons. The Morgan fingerprint density at radius 3 is 2.75 bits per heavy atom. The van der Waals surface area contributed by atoms with Gasteiger partial charge in [-0.15, -0.1) is 0 Å². The number of amides is 2. The molecule has 7 heteroatoms. The molecule has 2 aliphatic rings. The fourth-order valence-corrected chi connectivity index (χ4v) is 3.10. The highest BCUT2D eigenvalue weighted by atomic mass is 16.2. The molecule has 0 aliphatic carbocycles. The molecule has 1 unspecified atom stereocenters. The molecule has 1 aromatic rings. The summed E-state index contributed by atoms with van der Waals surface area (Å²) in [6.07, 6.45) is 1.66. The van der Waals surface area contributed by atoms with Crippen molar-refractivity contribution >= 4 is 23.8 Å². The normalized spacial score (nSPS) is 21.5. The summed E-state index contributed by atoms with van der Waals surface area (Å²) >= 11 is 0. The van der Waals surface area contributed by atoms with Crippen molar-refractivity contribution in [2.45, 2.75) is 25.4 Å². The number of nitrogens with zero attached hydrogens (tertiary/aromatic N) is 1. The van der Waals surface area contributed by atoms with Gasteiger partial charge in [-0.25, -0.2) is 0 Å². The van der Waals surface area contributed by atoms with Gasteiger partial charge in [0.2, 0.25) is 11.8 Å². The third-order valence-electron chi connectivity index (χ3n) is 4.51. The van der Waals surface area contributed by atoms with Gasteiger partial charge in [-0.05, 0) is 30.2 Å². The van der Waals surface area contributed by atoms with Gasteiger partial charge < -0.3 is 15.5 Å². The van der Waals surface area contributed by atoms with E-state index in [-0.39, 0.29) is 11.8 Å². The average Bonchev–Trinajstić information content (AvgIpc) is 2.61. The first kappa shape index (κ1) is 16.6. The minimum absolute atomic E-state index is 0.229. The van der Waals surface area contributed by atoms with E-state index in [1.807, 2.05) is 18.2 Å². The number of rotatable bonds is 5. The van der Waals surface area contributed by atoms with Crippen LogP contribution in [0.1, 0.15) is 28.8 Å². The van der Waals surface area contributed by atoms with Crippen molar-refractivity contribution in [2.24, 2.45) is 0 Å². The first-order valence-electron chi connectivity index (χ1n) is 8.28. The molecule has 0 saturated carbocycles. The van der Waals surface area contributed by atoms with Crippen LogP contribution in [0.3, 0.4) is 0 Å². The van der Waals surface area contributed by atoms with Crippen LogP contribution in [0, 0.1) is 0 Å². The molecule has 0 bridgehead atoms. The quantitative estimate of drug-likeness (QED) is 0.512. The van der Waals surface area contributed by atoms with Gasteiger partial charge in [0, 0.05) is 50.4 Å². The summed E-state index contributed by atoms with van der Waals surface area (Å²) in [6.45, 7) is 4.17. The number of carbonyl (C=O) groups excluding carboxylic acids is 3. The van der Waals surface area contributed by atoms with E-state index in [2.05, 4.69) is 20.9 Å². The van der Waals surface area contributed by atoms with Gasteiger partial charge in [0.25, 0.3) is 0 Å². The number of imide groups is 1. The molecular formula is C17H22N4O3. The molecule has 2 aliphatic heterocycles. The highest BCUT2D eigenvalue weighted by molar-refractivity contribution is 6.00. The van der Waals surface area contributed by atoms with Crippen molar-refractivity contribution in [3.63, 3.8) is 0 Å². The number of hydrogen-bond donors (Lipinski definition) is 3. The SMILES string of the molecule is O=Cc1ccc(N2CCNCC2)cc1CNC1CCC(=O)NC1=O. The number of anilines is 1. The van der Waals surface area contributed by atoms with Gasteiger partial charge in [0.15, 0.2) is 0 Å². The fourth-order valence-electron chi connectivity index (χ4n) is 3.10. The predicted molar refractivity (Wildman–Crippen MR) is 89.9 cm³/mol. The molecule has 2 saturated heterocycles. The van der Waals surface area contributed by atoms with Crippen molar-refractivity contribution in [1.29, 1.82) is 0 Å². The van der Waals surface area contributed by atoms with Gasteiger partial charge in [0.05, 0.1) is 6.04 Å². The smallest absolute Gasteiger partial charge is 0.243 e. The Bertz CT molecular complexity index is 641. The lowest BCUT2D eigenvalue weighted by atomic mass is 10.0. The standard InChI is InChI=1S/C17H22N4O3/c22-11-12-1-2-14(21-7-5-18-6-8-21)9-13(12)10-19-15-3-4-16(23)20-17(15)24/h1-2,9,11,15,18-19H,3-8,10H2,(H,20,23,24). The lowest BCUT2D eigenvalue weighted by Crippen LogP contribution is -2.50. The largest absolute Gasteiger partial charge is 0.369 e. The van der Waals surface area contributed by atoms with Crippen LogP contribution >= 0.6 is 0 Å². The van der Waals surface area contributed by atoms with E-state index in [0.29, 0.717) is 24.9 Å². The third kappa shape index (κ3) is 3.80. The summed E-state index contributed by atoms with van der Waals surface area (Å²) in [5.74, 6) is -0.524. The van der Waals surface area contributed by atoms with E-state index in [1.165, 1.54) is 0 Å². The maximum absolute atomic E-state index is 11.8. The second-order valence-electron chi connectivity index (χ2n) is 6.12. The predicted octanol–water partition coefficient (Wildman–Crippen LogP) is -0.196. The number of piperidine rings is 1. The first-order chi connectivity index (χ1) is 11.7. The molecule has 24 heavy (non-hydrogen) atoms.